The van der Waals surface area contributed by atoms with Crippen LogP contribution in [0.4, 0.5) is 4.79 Å². The molecule has 44 heavy (non-hydrogen) atoms. The molecule has 8 heteroatoms. The van der Waals surface area contributed by atoms with E-state index in [0.717, 1.165) is 21.9 Å². The standard InChI is InChI=1S/C36H42N2O6/c1-36(2,3)44-35(40)37-18-17-32(33(24-37)43-26-28-14-15-29-12-7-8-13-30(29)22-28)38-19-16-31(23-34(38)39)42-21-9-20-41-25-27-10-5-4-6-11-27/h4-8,10-16,19,22-23,32-33H,9,17-18,20-21,24-26H2,1-3H3. The predicted molar refractivity (Wildman–Crippen MR) is 171 cm³/mol. The van der Waals surface area contributed by atoms with Gasteiger partial charge >= 0.3 is 6.09 Å². The number of amides is 1. The molecule has 3 aromatic carbocycles. The molecule has 2 atom stereocenters. The zero-order valence-corrected chi connectivity index (χ0v) is 25.8. The monoisotopic (exact) mass is 598 g/mol. The van der Waals surface area contributed by atoms with Crippen molar-refractivity contribution in [2.75, 3.05) is 26.3 Å². The molecule has 0 spiro atoms. The van der Waals surface area contributed by atoms with Crippen molar-refractivity contribution in [3.8, 4) is 5.75 Å². The lowest BCUT2D eigenvalue weighted by molar-refractivity contribution is -0.0497. The molecule has 1 fully saturated rings. The lowest BCUT2D eigenvalue weighted by Crippen LogP contribution is -2.50. The first kappa shape index (κ1) is 31.3. The second kappa shape index (κ2) is 14.6. The van der Waals surface area contributed by atoms with Gasteiger partial charge in [-0.1, -0.05) is 66.7 Å². The topological polar surface area (TPSA) is 79.2 Å². The number of aromatic nitrogens is 1. The average molecular weight is 599 g/mol. The van der Waals surface area contributed by atoms with E-state index in [9.17, 15) is 9.59 Å². The van der Waals surface area contributed by atoms with Crippen LogP contribution in [0.3, 0.4) is 0 Å². The number of hydrogen-bond acceptors (Lipinski definition) is 6. The summed E-state index contributed by atoms with van der Waals surface area (Å²) in [6, 6.07) is 27.6. The van der Waals surface area contributed by atoms with Crippen molar-refractivity contribution in [3.63, 3.8) is 0 Å². The number of rotatable bonds is 11. The third-order valence-corrected chi connectivity index (χ3v) is 7.54. The summed E-state index contributed by atoms with van der Waals surface area (Å²) in [6.07, 6.45) is 2.25. The maximum absolute atomic E-state index is 13.3. The number of fused-ring (bicyclic) bond motifs is 1. The SMILES string of the molecule is CC(C)(C)OC(=O)N1CCC(n2ccc(OCCCOCc3ccccc3)cc2=O)C(OCc2ccc3ccccc3c2)C1. The van der Waals surface area contributed by atoms with Crippen molar-refractivity contribution in [1.82, 2.24) is 9.47 Å². The zero-order chi connectivity index (χ0) is 30.9. The Labute approximate surface area is 259 Å². The largest absolute Gasteiger partial charge is 0.493 e. The van der Waals surface area contributed by atoms with E-state index < -0.39 is 11.7 Å². The minimum atomic E-state index is -0.601. The summed E-state index contributed by atoms with van der Waals surface area (Å²) in [6.45, 7) is 8.28. The van der Waals surface area contributed by atoms with E-state index in [1.165, 1.54) is 6.07 Å². The van der Waals surface area contributed by atoms with E-state index in [4.69, 9.17) is 18.9 Å². The van der Waals surface area contributed by atoms with Gasteiger partial charge in [0.1, 0.15) is 11.4 Å². The fourth-order valence-electron chi connectivity index (χ4n) is 5.36. The molecule has 1 aromatic heterocycles. The van der Waals surface area contributed by atoms with Gasteiger partial charge in [0.2, 0.25) is 0 Å². The van der Waals surface area contributed by atoms with Crippen molar-refractivity contribution in [2.24, 2.45) is 0 Å². The third kappa shape index (κ3) is 8.71. The summed E-state index contributed by atoms with van der Waals surface area (Å²) in [4.78, 5) is 27.9. The zero-order valence-electron chi connectivity index (χ0n) is 25.8. The summed E-state index contributed by atoms with van der Waals surface area (Å²) in [5, 5.41) is 2.30. The van der Waals surface area contributed by atoms with E-state index >= 15 is 0 Å². The first-order chi connectivity index (χ1) is 21.2. The predicted octanol–water partition coefficient (Wildman–Crippen LogP) is 6.75. The quantitative estimate of drug-likeness (QED) is 0.178. The van der Waals surface area contributed by atoms with Crippen molar-refractivity contribution < 1.29 is 23.7 Å². The number of ether oxygens (including phenoxy) is 4. The van der Waals surface area contributed by atoms with Gasteiger partial charge in [-0.3, -0.25) is 4.79 Å². The summed E-state index contributed by atoms with van der Waals surface area (Å²) in [5.41, 5.74) is 1.39. The van der Waals surface area contributed by atoms with Gasteiger partial charge in [-0.05, 0) is 61.2 Å². The number of carbonyl (C=O) groups excluding carboxylic acids is 1. The van der Waals surface area contributed by atoms with Crippen molar-refractivity contribution >= 4 is 16.9 Å². The molecule has 1 aliphatic rings. The maximum Gasteiger partial charge on any atom is 0.410 e. The molecule has 1 saturated heterocycles. The van der Waals surface area contributed by atoms with E-state index in [1.807, 2.05) is 69.3 Å². The molecule has 5 rings (SSSR count). The van der Waals surface area contributed by atoms with Crippen molar-refractivity contribution in [2.45, 2.75) is 64.6 Å². The highest BCUT2D eigenvalue weighted by Crippen LogP contribution is 2.28. The molecule has 0 aliphatic carbocycles. The van der Waals surface area contributed by atoms with E-state index in [2.05, 4.69) is 30.3 Å². The normalized spacial score (nSPS) is 17.0. The lowest BCUT2D eigenvalue weighted by atomic mass is 10.0. The molecular weight excluding hydrogens is 556 g/mol. The Morgan fingerprint density at radius 1 is 0.864 bits per heavy atom. The number of benzene rings is 3. The smallest absolute Gasteiger partial charge is 0.410 e. The number of nitrogens with zero attached hydrogens (tertiary/aromatic N) is 2. The van der Waals surface area contributed by atoms with Gasteiger partial charge in [0.15, 0.2) is 0 Å². The fraction of sp³-hybridized carbons (Fsp3) is 0.389. The number of piperidine rings is 1. The average Bonchev–Trinajstić information content (AvgIpc) is 3.01. The van der Waals surface area contributed by atoms with Gasteiger partial charge in [0.05, 0.1) is 45.1 Å². The van der Waals surface area contributed by atoms with Crippen molar-refractivity contribution in [3.05, 3.63) is 113 Å². The Kier molecular flexibility index (Phi) is 10.4. The maximum atomic E-state index is 13.3. The van der Waals surface area contributed by atoms with Crippen LogP contribution in [-0.4, -0.2) is 53.6 Å². The molecular formula is C36H42N2O6. The second-order valence-electron chi connectivity index (χ2n) is 12.2. The Bertz CT molecular complexity index is 1580. The number of likely N-dealkylation sites (tertiary alicyclic amines) is 1. The molecule has 2 heterocycles. The molecule has 1 aliphatic heterocycles. The van der Waals surface area contributed by atoms with E-state index in [1.54, 1.807) is 15.7 Å². The number of hydrogen-bond donors (Lipinski definition) is 0. The lowest BCUT2D eigenvalue weighted by Gasteiger charge is -2.39. The van der Waals surface area contributed by atoms with Crippen LogP contribution in [-0.2, 0) is 27.4 Å². The van der Waals surface area contributed by atoms with Gasteiger partial charge < -0.3 is 28.4 Å². The van der Waals surface area contributed by atoms with Gasteiger partial charge in [-0.2, -0.15) is 0 Å². The Morgan fingerprint density at radius 2 is 1.64 bits per heavy atom. The highest BCUT2D eigenvalue weighted by atomic mass is 16.6. The number of pyridine rings is 1. The minimum absolute atomic E-state index is 0.169. The highest BCUT2D eigenvalue weighted by molar-refractivity contribution is 5.82. The van der Waals surface area contributed by atoms with Crippen LogP contribution in [0, 0.1) is 0 Å². The molecule has 0 saturated carbocycles. The molecule has 232 valence electrons. The van der Waals surface area contributed by atoms with E-state index in [0.29, 0.717) is 58.1 Å². The van der Waals surface area contributed by atoms with Gasteiger partial charge in [0, 0.05) is 25.2 Å². The highest BCUT2D eigenvalue weighted by Gasteiger charge is 2.35. The van der Waals surface area contributed by atoms with Crippen LogP contribution in [0.5, 0.6) is 5.75 Å². The molecule has 0 bridgehead atoms. The first-order valence-electron chi connectivity index (χ1n) is 15.3. The summed E-state index contributed by atoms with van der Waals surface area (Å²) in [7, 11) is 0. The van der Waals surface area contributed by atoms with Crippen LogP contribution in [0.15, 0.2) is 95.9 Å². The minimum Gasteiger partial charge on any atom is -0.493 e. The summed E-state index contributed by atoms with van der Waals surface area (Å²) >= 11 is 0. The van der Waals surface area contributed by atoms with E-state index in [-0.39, 0.29) is 17.7 Å². The molecule has 8 nitrogen and oxygen atoms in total. The van der Waals surface area contributed by atoms with Crippen LogP contribution >= 0.6 is 0 Å². The Hall–Kier alpha value is -4.14. The first-order valence-corrected chi connectivity index (χ1v) is 15.3. The second-order valence-corrected chi connectivity index (χ2v) is 12.2. The van der Waals surface area contributed by atoms with Gasteiger partial charge in [-0.15, -0.1) is 0 Å². The van der Waals surface area contributed by atoms with Crippen molar-refractivity contribution in [1.29, 1.82) is 0 Å². The Balaban J connectivity index is 1.22. The fourth-order valence-corrected chi connectivity index (χ4v) is 5.36. The van der Waals surface area contributed by atoms with Gasteiger partial charge in [-0.25, -0.2) is 4.79 Å². The summed E-state index contributed by atoms with van der Waals surface area (Å²) < 4.78 is 25.4. The van der Waals surface area contributed by atoms with Gasteiger partial charge in [0.25, 0.3) is 5.56 Å². The van der Waals surface area contributed by atoms with Crippen LogP contribution < -0.4 is 10.3 Å². The van der Waals surface area contributed by atoms with Crippen LogP contribution in [0.1, 0.15) is 50.8 Å². The molecule has 0 radical (unpaired) electrons. The Morgan fingerprint density at radius 3 is 2.41 bits per heavy atom. The molecule has 4 aromatic rings. The molecule has 1 amide bonds. The summed E-state index contributed by atoms with van der Waals surface area (Å²) in [5.74, 6) is 0.522. The number of carbonyl (C=O) groups is 1. The molecule has 2 unspecified atom stereocenters. The molecule has 0 N–H and O–H groups in total. The van der Waals surface area contributed by atoms with Crippen LogP contribution in [0.2, 0.25) is 0 Å². The van der Waals surface area contributed by atoms with Crippen LogP contribution in [0.25, 0.3) is 10.8 Å². The third-order valence-electron chi connectivity index (χ3n) is 7.54.